The molecule has 7 heteroatoms. The standard InChI is InChI=1S/C23H33N3O4/c1-8-16(5)21(23(29)30-7)25-22(28)20(15(3)4)24-19(27)14-26(6)18-12-10-17(9-2)11-13-18/h2,10-13,15-16,20-21H,8,14H2,1,3-7H3,(H,24,27)(H,25,28)/t16-,20-,21-/m0/s1. The second-order valence-electron chi connectivity index (χ2n) is 7.73. The van der Waals surface area contributed by atoms with Crippen LogP contribution in [0.15, 0.2) is 24.3 Å². The lowest BCUT2D eigenvalue weighted by Crippen LogP contribution is -2.56. The fraction of sp³-hybridized carbons (Fsp3) is 0.522. The van der Waals surface area contributed by atoms with Crippen LogP contribution in [0.5, 0.6) is 0 Å². The number of carbonyl (C=O) groups excluding carboxylic acids is 3. The Morgan fingerprint density at radius 1 is 1.10 bits per heavy atom. The van der Waals surface area contributed by atoms with Gasteiger partial charge in [0.1, 0.15) is 12.1 Å². The first-order chi connectivity index (χ1) is 14.1. The molecule has 3 atom stereocenters. The number of carbonyl (C=O) groups is 3. The van der Waals surface area contributed by atoms with E-state index in [1.165, 1.54) is 7.11 Å². The molecule has 30 heavy (non-hydrogen) atoms. The van der Waals surface area contributed by atoms with Crippen molar-refractivity contribution in [3.05, 3.63) is 29.8 Å². The molecule has 1 aromatic carbocycles. The van der Waals surface area contributed by atoms with Crippen LogP contribution in [0.25, 0.3) is 0 Å². The summed E-state index contributed by atoms with van der Waals surface area (Å²) in [5, 5.41) is 5.52. The molecule has 0 aromatic heterocycles. The first kappa shape index (κ1) is 25.0. The molecule has 1 aromatic rings. The maximum Gasteiger partial charge on any atom is 0.328 e. The predicted octanol–water partition coefficient (Wildman–Crippen LogP) is 1.95. The zero-order valence-electron chi connectivity index (χ0n) is 18.7. The first-order valence-electron chi connectivity index (χ1n) is 10.1. The molecule has 0 aliphatic heterocycles. The summed E-state index contributed by atoms with van der Waals surface area (Å²) in [6, 6.07) is 5.74. The molecule has 0 radical (unpaired) electrons. The largest absolute Gasteiger partial charge is 0.467 e. The highest BCUT2D eigenvalue weighted by atomic mass is 16.5. The number of terminal acetylenes is 1. The Balaban J connectivity index is 2.81. The van der Waals surface area contributed by atoms with Crippen LogP contribution < -0.4 is 15.5 Å². The van der Waals surface area contributed by atoms with Gasteiger partial charge in [0, 0.05) is 18.3 Å². The van der Waals surface area contributed by atoms with Gasteiger partial charge in [0.15, 0.2) is 0 Å². The van der Waals surface area contributed by atoms with Gasteiger partial charge in [-0.15, -0.1) is 6.42 Å². The molecule has 0 bridgehead atoms. The lowest BCUT2D eigenvalue weighted by molar-refractivity contribution is -0.147. The third kappa shape index (κ3) is 7.11. The molecule has 0 saturated carbocycles. The minimum absolute atomic E-state index is 0.0672. The van der Waals surface area contributed by atoms with Crippen LogP contribution in [0.4, 0.5) is 5.69 Å². The maximum absolute atomic E-state index is 12.8. The van der Waals surface area contributed by atoms with Crippen molar-refractivity contribution in [1.82, 2.24) is 10.6 Å². The van der Waals surface area contributed by atoms with Gasteiger partial charge < -0.3 is 20.3 Å². The van der Waals surface area contributed by atoms with Gasteiger partial charge in [0.25, 0.3) is 0 Å². The predicted molar refractivity (Wildman–Crippen MR) is 118 cm³/mol. The third-order valence-electron chi connectivity index (χ3n) is 5.09. The number of benzene rings is 1. The third-order valence-corrected chi connectivity index (χ3v) is 5.09. The summed E-state index contributed by atoms with van der Waals surface area (Å²) < 4.78 is 4.82. The molecule has 2 amide bonds. The second kappa shape index (κ2) is 11.9. The Morgan fingerprint density at radius 2 is 1.70 bits per heavy atom. The number of hydrogen-bond acceptors (Lipinski definition) is 5. The van der Waals surface area contributed by atoms with Crippen molar-refractivity contribution in [1.29, 1.82) is 0 Å². The van der Waals surface area contributed by atoms with E-state index in [1.807, 2.05) is 39.8 Å². The van der Waals surface area contributed by atoms with Gasteiger partial charge in [-0.25, -0.2) is 4.79 Å². The van der Waals surface area contributed by atoms with Crippen LogP contribution in [-0.4, -0.2) is 50.6 Å². The van der Waals surface area contributed by atoms with E-state index in [0.29, 0.717) is 6.42 Å². The van der Waals surface area contributed by atoms with E-state index in [1.54, 1.807) is 24.1 Å². The van der Waals surface area contributed by atoms with Crippen molar-refractivity contribution < 1.29 is 19.1 Å². The fourth-order valence-electron chi connectivity index (χ4n) is 2.91. The summed E-state index contributed by atoms with van der Waals surface area (Å²) in [4.78, 5) is 39.2. The Bertz CT molecular complexity index is 768. The van der Waals surface area contributed by atoms with Gasteiger partial charge in [-0.2, -0.15) is 0 Å². The van der Waals surface area contributed by atoms with Crippen LogP contribution >= 0.6 is 0 Å². The Hall–Kier alpha value is -3.01. The van der Waals surface area contributed by atoms with Crippen LogP contribution in [0.2, 0.25) is 0 Å². The summed E-state index contributed by atoms with van der Waals surface area (Å²) in [6.07, 6.45) is 6.06. The number of nitrogens with zero attached hydrogens (tertiary/aromatic N) is 1. The molecule has 0 saturated heterocycles. The summed E-state index contributed by atoms with van der Waals surface area (Å²) in [6.45, 7) is 7.54. The van der Waals surface area contributed by atoms with E-state index in [0.717, 1.165) is 11.3 Å². The lowest BCUT2D eigenvalue weighted by Gasteiger charge is -2.28. The molecule has 0 heterocycles. The van der Waals surface area contributed by atoms with E-state index in [-0.39, 0.29) is 24.3 Å². The molecule has 164 valence electrons. The van der Waals surface area contributed by atoms with E-state index in [2.05, 4.69) is 16.6 Å². The van der Waals surface area contributed by atoms with Crippen molar-refractivity contribution in [2.75, 3.05) is 25.6 Å². The number of methoxy groups -OCH3 is 1. The molecular weight excluding hydrogens is 382 g/mol. The number of ether oxygens (including phenoxy) is 1. The number of amides is 2. The Labute approximate surface area is 179 Å². The molecule has 0 spiro atoms. The van der Waals surface area contributed by atoms with Gasteiger partial charge in [-0.05, 0) is 36.1 Å². The molecular formula is C23H33N3O4. The van der Waals surface area contributed by atoms with Gasteiger partial charge >= 0.3 is 5.97 Å². The van der Waals surface area contributed by atoms with E-state index < -0.39 is 24.0 Å². The fourth-order valence-corrected chi connectivity index (χ4v) is 2.91. The summed E-state index contributed by atoms with van der Waals surface area (Å²) >= 11 is 0. The zero-order chi connectivity index (χ0) is 22.8. The molecule has 7 nitrogen and oxygen atoms in total. The quantitative estimate of drug-likeness (QED) is 0.451. The van der Waals surface area contributed by atoms with Crippen molar-refractivity contribution in [2.24, 2.45) is 11.8 Å². The highest BCUT2D eigenvalue weighted by molar-refractivity contribution is 5.92. The monoisotopic (exact) mass is 415 g/mol. The van der Waals surface area contributed by atoms with Crippen LogP contribution in [0, 0.1) is 24.2 Å². The molecule has 0 unspecified atom stereocenters. The number of rotatable bonds is 10. The summed E-state index contributed by atoms with van der Waals surface area (Å²) in [7, 11) is 3.07. The zero-order valence-corrected chi connectivity index (χ0v) is 18.7. The highest BCUT2D eigenvalue weighted by Gasteiger charge is 2.31. The SMILES string of the molecule is C#Cc1ccc(N(C)CC(=O)N[C@H](C(=O)N[C@H](C(=O)OC)[C@@H](C)CC)C(C)C)cc1. The van der Waals surface area contributed by atoms with Crippen molar-refractivity contribution in [2.45, 2.75) is 46.2 Å². The second-order valence-corrected chi connectivity index (χ2v) is 7.73. The average Bonchev–Trinajstić information content (AvgIpc) is 2.74. The van der Waals surface area contributed by atoms with E-state index >= 15 is 0 Å². The minimum Gasteiger partial charge on any atom is -0.467 e. The lowest BCUT2D eigenvalue weighted by atomic mass is 9.97. The van der Waals surface area contributed by atoms with Gasteiger partial charge in [-0.3, -0.25) is 9.59 Å². The van der Waals surface area contributed by atoms with Crippen molar-refractivity contribution in [3.8, 4) is 12.3 Å². The van der Waals surface area contributed by atoms with E-state index in [4.69, 9.17) is 11.2 Å². The van der Waals surface area contributed by atoms with Crippen LogP contribution in [0.3, 0.4) is 0 Å². The maximum atomic E-state index is 12.8. The van der Waals surface area contributed by atoms with E-state index in [9.17, 15) is 14.4 Å². The molecule has 0 aliphatic rings. The Morgan fingerprint density at radius 3 is 2.17 bits per heavy atom. The summed E-state index contributed by atoms with van der Waals surface area (Å²) in [5.74, 6) is 1.09. The van der Waals surface area contributed by atoms with Crippen molar-refractivity contribution in [3.63, 3.8) is 0 Å². The van der Waals surface area contributed by atoms with Gasteiger partial charge in [0.2, 0.25) is 11.8 Å². The summed E-state index contributed by atoms with van der Waals surface area (Å²) in [5.41, 5.74) is 1.59. The molecule has 0 aliphatic carbocycles. The molecule has 2 N–H and O–H groups in total. The number of likely N-dealkylation sites (N-methyl/N-ethyl adjacent to an activating group) is 1. The highest BCUT2D eigenvalue weighted by Crippen LogP contribution is 2.14. The topological polar surface area (TPSA) is 87.7 Å². The molecule has 0 fully saturated rings. The first-order valence-corrected chi connectivity index (χ1v) is 10.1. The number of anilines is 1. The Kier molecular flexibility index (Phi) is 9.90. The van der Waals surface area contributed by atoms with Gasteiger partial charge in [-0.1, -0.05) is 40.0 Å². The number of hydrogen-bond donors (Lipinski definition) is 2. The van der Waals surface area contributed by atoms with Crippen LogP contribution in [-0.2, 0) is 19.1 Å². The number of nitrogens with one attached hydrogen (secondary N) is 2. The minimum atomic E-state index is -0.772. The normalized spacial score (nSPS) is 13.5. The smallest absolute Gasteiger partial charge is 0.328 e. The number of esters is 1. The van der Waals surface area contributed by atoms with Crippen LogP contribution in [0.1, 0.15) is 39.7 Å². The van der Waals surface area contributed by atoms with Gasteiger partial charge in [0.05, 0.1) is 13.7 Å². The van der Waals surface area contributed by atoms with Crippen molar-refractivity contribution >= 4 is 23.5 Å². The average molecular weight is 416 g/mol. The molecule has 1 rings (SSSR count).